The van der Waals surface area contributed by atoms with Crippen molar-refractivity contribution in [2.45, 2.75) is 58.9 Å². The molecule has 8 heteroatoms. The van der Waals surface area contributed by atoms with Crippen LogP contribution in [0.5, 0.6) is 5.75 Å². The summed E-state index contributed by atoms with van der Waals surface area (Å²) >= 11 is 0. The van der Waals surface area contributed by atoms with Gasteiger partial charge in [0.1, 0.15) is 17.5 Å². The van der Waals surface area contributed by atoms with E-state index in [2.05, 4.69) is 10.6 Å². The zero-order chi connectivity index (χ0) is 23.7. The van der Waals surface area contributed by atoms with Crippen LogP contribution in [0.2, 0.25) is 0 Å². The molecule has 0 saturated carbocycles. The lowest BCUT2D eigenvalue weighted by atomic mass is 10.1. The fraction of sp³-hybridized carbons (Fsp3) is 0.375. The molecule has 0 saturated heterocycles. The van der Waals surface area contributed by atoms with Crippen molar-refractivity contribution in [1.82, 2.24) is 10.6 Å². The number of rotatable bonds is 9. The highest BCUT2D eigenvalue weighted by molar-refractivity contribution is 5.94. The van der Waals surface area contributed by atoms with Crippen molar-refractivity contribution >= 4 is 18.0 Å². The molecule has 8 nitrogen and oxygen atoms in total. The van der Waals surface area contributed by atoms with Crippen LogP contribution in [-0.2, 0) is 22.6 Å². The molecule has 0 heterocycles. The quantitative estimate of drug-likeness (QED) is 0.543. The van der Waals surface area contributed by atoms with Crippen LogP contribution < -0.4 is 15.4 Å². The highest BCUT2D eigenvalue weighted by atomic mass is 16.6. The molecule has 0 bridgehead atoms. The largest absolute Gasteiger partial charge is 0.490 e. The van der Waals surface area contributed by atoms with E-state index in [0.29, 0.717) is 24.4 Å². The maximum atomic E-state index is 12.4. The number of carbonyl (C=O) groups excluding carboxylic acids is 2. The van der Waals surface area contributed by atoms with Crippen LogP contribution in [0, 0.1) is 0 Å². The number of hydrogen-bond donors (Lipinski definition) is 3. The Morgan fingerprint density at radius 1 is 0.906 bits per heavy atom. The van der Waals surface area contributed by atoms with Crippen LogP contribution in [-0.4, -0.2) is 34.8 Å². The molecule has 2 aromatic carbocycles. The number of amides is 2. The third-order valence-corrected chi connectivity index (χ3v) is 4.23. The second-order valence-electron chi connectivity index (χ2n) is 8.41. The Labute approximate surface area is 187 Å². The molecule has 0 spiro atoms. The Balaban J connectivity index is 1.80. The molecule has 2 amide bonds. The molecule has 0 aliphatic rings. The maximum absolute atomic E-state index is 12.4. The molecular weight excluding hydrogens is 412 g/mol. The van der Waals surface area contributed by atoms with Gasteiger partial charge in [-0.3, -0.25) is 9.59 Å². The van der Waals surface area contributed by atoms with Crippen molar-refractivity contribution < 1.29 is 29.0 Å². The van der Waals surface area contributed by atoms with Gasteiger partial charge in [0.15, 0.2) is 0 Å². The number of carboxylic acids is 1. The first-order chi connectivity index (χ1) is 15.0. The summed E-state index contributed by atoms with van der Waals surface area (Å²) in [5, 5.41) is 14.3. The Bertz CT molecular complexity index is 917. The van der Waals surface area contributed by atoms with Gasteiger partial charge in [-0.25, -0.2) is 4.79 Å². The summed E-state index contributed by atoms with van der Waals surface area (Å²) in [6, 6.07) is 14.1. The normalized spacial score (nSPS) is 11.9. The van der Waals surface area contributed by atoms with Gasteiger partial charge in [-0.1, -0.05) is 24.3 Å². The zero-order valence-corrected chi connectivity index (χ0v) is 18.8. The lowest BCUT2D eigenvalue weighted by Gasteiger charge is -2.19. The Hall–Kier alpha value is -3.55. The van der Waals surface area contributed by atoms with Gasteiger partial charge >= 0.3 is 12.1 Å². The predicted octanol–water partition coefficient (Wildman–Crippen LogP) is 3.88. The third kappa shape index (κ3) is 9.07. The van der Waals surface area contributed by atoms with Crippen molar-refractivity contribution in [1.29, 1.82) is 0 Å². The smallest absolute Gasteiger partial charge is 0.407 e. The molecule has 2 rings (SSSR count). The van der Waals surface area contributed by atoms with Crippen molar-refractivity contribution in [2.24, 2.45) is 0 Å². The molecule has 0 fully saturated rings. The third-order valence-electron chi connectivity index (χ3n) is 4.23. The number of aliphatic carboxylic acids is 1. The van der Waals surface area contributed by atoms with Crippen LogP contribution in [0.4, 0.5) is 4.79 Å². The molecule has 0 aliphatic heterocycles. The van der Waals surface area contributed by atoms with Crippen LogP contribution in [0.25, 0.3) is 0 Å². The Morgan fingerprint density at radius 2 is 1.44 bits per heavy atom. The second-order valence-corrected chi connectivity index (χ2v) is 8.41. The molecule has 3 N–H and O–H groups in total. The molecule has 0 aromatic heterocycles. The van der Waals surface area contributed by atoms with Gasteiger partial charge in [0.05, 0.1) is 6.42 Å². The minimum atomic E-state index is -0.913. The first kappa shape index (κ1) is 24.7. The van der Waals surface area contributed by atoms with E-state index in [1.165, 1.54) is 0 Å². The van der Waals surface area contributed by atoms with E-state index in [1.807, 2.05) is 12.1 Å². The molecule has 2 aromatic rings. The highest BCUT2D eigenvalue weighted by Gasteiger charge is 2.15. The molecule has 0 radical (unpaired) electrons. The zero-order valence-electron chi connectivity index (χ0n) is 18.8. The van der Waals surface area contributed by atoms with E-state index in [0.717, 1.165) is 11.1 Å². The van der Waals surface area contributed by atoms with Gasteiger partial charge < -0.3 is 25.2 Å². The lowest BCUT2D eigenvalue weighted by Crippen LogP contribution is -2.32. The molecule has 1 unspecified atom stereocenters. The topological polar surface area (TPSA) is 114 Å². The van der Waals surface area contributed by atoms with Crippen molar-refractivity contribution in [3.05, 3.63) is 65.2 Å². The number of nitrogens with one attached hydrogen (secondary N) is 2. The standard InChI is InChI=1S/C24H30N2O6/c1-16(13-21(27)28)31-20-11-7-18(8-12-20)14-25-22(29)19-9-5-17(6-10-19)15-26-23(30)32-24(2,3)4/h5-12,16H,13-15H2,1-4H3,(H,25,29)(H,26,30)(H,27,28). The number of ether oxygens (including phenoxy) is 2. The van der Waals surface area contributed by atoms with Gasteiger partial charge in [0.2, 0.25) is 0 Å². The maximum Gasteiger partial charge on any atom is 0.407 e. The van der Waals surface area contributed by atoms with Crippen molar-refractivity contribution in [3.63, 3.8) is 0 Å². The number of alkyl carbamates (subject to hydrolysis) is 1. The van der Waals surface area contributed by atoms with Crippen LogP contribution in [0.1, 0.15) is 55.6 Å². The van der Waals surface area contributed by atoms with Gasteiger partial charge in [-0.05, 0) is 63.1 Å². The van der Waals surface area contributed by atoms with E-state index in [1.54, 1.807) is 64.1 Å². The summed E-state index contributed by atoms with van der Waals surface area (Å²) in [6.45, 7) is 7.73. The summed E-state index contributed by atoms with van der Waals surface area (Å²) < 4.78 is 10.7. The summed E-state index contributed by atoms with van der Waals surface area (Å²) in [7, 11) is 0. The summed E-state index contributed by atoms with van der Waals surface area (Å²) in [5.41, 5.74) is 1.68. The average Bonchev–Trinajstić information content (AvgIpc) is 2.70. The first-order valence-corrected chi connectivity index (χ1v) is 10.3. The Morgan fingerprint density at radius 3 is 1.97 bits per heavy atom. The fourth-order valence-corrected chi connectivity index (χ4v) is 2.75. The second kappa shape index (κ2) is 11.2. The fourth-order valence-electron chi connectivity index (χ4n) is 2.75. The van der Waals surface area contributed by atoms with Crippen LogP contribution in [0.3, 0.4) is 0 Å². The molecule has 172 valence electrons. The number of carboxylic acid groups (broad SMARTS) is 1. The van der Waals surface area contributed by atoms with E-state index in [9.17, 15) is 14.4 Å². The van der Waals surface area contributed by atoms with Gasteiger partial charge in [0.25, 0.3) is 5.91 Å². The van der Waals surface area contributed by atoms with Crippen molar-refractivity contribution in [2.75, 3.05) is 0 Å². The predicted molar refractivity (Wildman–Crippen MR) is 119 cm³/mol. The minimum Gasteiger partial charge on any atom is -0.490 e. The van der Waals surface area contributed by atoms with E-state index < -0.39 is 23.8 Å². The van der Waals surface area contributed by atoms with Crippen molar-refractivity contribution in [3.8, 4) is 5.75 Å². The number of benzene rings is 2. The molecule has 1 atom stereocenters. The summed E-state index contributed by atoms with van der Waals surface area (Å²) in [6.07, 6.45) is -0.999. The first-order valence-electron chi connectivity index (χ1n) is 10.3. The molecule has 32 heavy (non-hydrogen) atoms. The van der Waals surface area contributed by atoms with Crippen LogP contribution in [0.15, 0.2) is 48.5 Å². The average molecular weight is 443 g/mol. The van der Waals surface area contributed by atoms with Gasteiger partial charge in [-0.2, -0.15) is 0 Å². The monoisotopic (exact) mass is 442 g/mol. The van der Waals surface area contributed by atoms with E-state index in [-0.39, 0.29) is 12.3 Å². The Kier molecular flexibility index (Phi) is 8.63. The van der Waals surface area contributed by atoms with E-state index in [4.69, 9.17) is 14.6 Å². The minimum absolute atomic E-state index is 0.0757. The lowest BCUT2D eigenvalue weighted by molar-refractivity contribution is -0.138. The molecule has 0 aliphatic carbocycles. The van der Waals surface area contributed by atoms with E-state index >= 15 is 0 Å². The number of hydrogen-bond acceptors (Lipinski definition) is 5. The summed E-state index contributed by atoms with van der Waals surface area (Å²) in [5.74, 6) is -0.555. The number of carbonyl (C=O) groups is 3. The summed E-state index contributed by atoms with van der Waals surface area (Å²) in [4.78, 5) is 34.8. The van der Waals surface area contributed by atoms with Crippen LogP contribution >= 0.6 is 0 Å². The SMILES string of the molecule is CC(CC(=O)O)Oc1ccc(CNC(=O)c2ccc(CNC(=O)OC(C)(C)C)cc2)cc1. The van der Waals surface area contributed by atoms with Gasteiger partial charge in [-0.15, -0.1) is 0 Å². The van der Waals surface area contributed by atoms with Gasteiger partial charge in [0, 0.05) is 18.7 Å². The molecular formula is C24H30N2O6. The highest BCUT2D eigenvalue weighted by Crippen LogP contribution is 2.15.